The summed E-state index contributed by atoms with van der Waals surface area (Å²) >= 11 is 0. The number of benzene rings is 1. The first-order chi connectivity index (χ1) is 14.4. The van der Waals surface area contributed by atoms with Gasteiger partial charge in [-0.1, -0.05) is 56.5 Å². The van der Waals surface area contributed by atoms with E-state index in [0.29, 0.717) is 43.5 Å². The molecule has 0 spiro atoms. The van der Waals surface area contributed by atoms with E-state index in [0.717, 1.165) is 24.8 Å². The number of carboxylic acids is 1. The maximum Gasteiger partial charge on any atom is 0.306 e. The highest BCUT2D eigenvalue weighted by Gasteiger charge is 2.44. The smallest absolute Gasteiger partial charge is 0.306 e. The molecule has 1 aromatic carbocycles. The maximum absolute atomic E-state index is 13.4. The molecule has 1 heterocycles. The SMILES string of the molecule is CCCC(CC1(C(=O)Nc2ccc(=O)[nH]c2Cc2ccccc2)CCCC1)C(=O)O. The monoisotopic (exact) mass is 410 g/mol. The fourth-order valence-electron chi connectivity index (χ4n) is 4.54. The molecular formula is C24H30N2O4. The molecule has 6 nitrogen and oxygen atoms in total. The number of carbonyl (C=O) groups excluding carboxylic acids is 1. The number of hydrogen-bond acceptors (Lipinski definition) is 3. The van der Waals surface area contributed by atoms with Gasteiger partial charge in [-0.2, -0.15) is 0 Å². The minimum absolute atomic E-state index is 0.135. The molecule has 3 N–H and O–H groups in total. The Kier molecular flexibility index (Phi) is 7.08. The summed E-state index contributed by atoms with van der Waals surface area (Å²) in [6, 6.07) is 12.8. The highest BCUT2D eigenvalue weighted by atomic mass is 16.4. The molecule has 1 atom stereocenters. The van der Waals surface area contributed by atoms with Crippen molar-refractivity contribution in [3.8, 4) is 0 Å². The third kappa shape index (κ3) is 5.17. The summed E-state index contributed by atoms with van der Waals surface area (Å²) in [6.07, 6.45) is 5.45. The van der Waals surface area contributed by atoms with Crippen LogP contribution in [0.15, 0.2) is 47.3 Å². The van der Waals surface area contributed by atoms with Gasteiger partial charge in [0.2, 0.25) is 11.5 Å². The van der Waals surface area contributed by atoms with Gasteiger partial charge in [-0.15, -0.1) is 0 Å². The van der Waals surface area contributed by atoms with Crippen molar-refractivity contribution in [1.29, 1.82) is 0 Å². The van der Waals surface area contributed by atoms with Crippen LogP contribution in [0.2, 0.25) is 0 Å². The number of carboxylic acid groups (broad SMARTS) is 1. The van der Waals surface area contributed by atoms with Crippen LogP contribution in [-0.2, 0) is 16.0 Å². The highest BCUT2D eigenvalue weighted by molar-refractivity contribution is 5.96. The van der Waals surface area contributed by atoms with Crippen molar-refractivity contribution in [2.75, 3.05) is 5.32 Å². The lowest BCUT2D eigenvalue weighted by atomic mass is 9.75. The Labute approximate surface area is 176 Å². The molecule has 30 heavy (non-hydrogen) atoms. The molecule has 1 amide bonds. The second-order valence-electron chi connectivity index (χ2n) is 8.35. The van der Waals surface area contributed by atoms with Gasteiger partial charge in [-0.05, 0) is 37.3 Å². The number of aromatic amines is 1. The molecule has 0 bridgehead atoms. The summed E-state index contributed by atoms with van der Waals surface area (Å²) in [5, 5.41) is 12.6. The largest absolute Gasteiger partial charge is 0.481 e. The van der Waals surface area contributed by atoms with Crippen molar-refractivity contribution >= 4 is 17.6 Å². The molecule has 0 radical (unpaired) electrons. The summed E-state index contributed by atoms with van der Waals surface area (Å²) in [4.78, 5) is 39.9. The van der Waals surface area contributed by atoms with Crippen LogP contribution in [0, 0.1) is 11.3 Å². The van der Waals surface area contributed by atoms with Crippen LogP contribution < -0.4 is 10.9 Å². The van der Waals surface area contributed by atoms with Crippen molar-refractivity contribution in [2.24, 2.45) is 11.3 Å². The average Bonchev–Trinajstić information content (AvgIpc) is 3.20. The Morgan fingerprint density at radius 2 is 1.83 bits per heavy atom. The Morgan fingerprint density at radius 3 is 2.47 bits per heavy atom. The van der Waals surface area contributed by atoms with Gasteiger partial charge in [-0.25, -0.2) is 0 Å². The maximum atomic E-state index is 13.4. The summed E-state index contributed by atoms with van der Waals surface area (Å²) in [7, 11) is 0. The van der Waals surface area contributed by atoms with Gasteiger partial charge in [0.05, 0.1) is 17.0 Å². The average molecular weight is 411 g/mol. The summed E-state index contributed by atoms with van der Waals surface area (Å²) in [5.74, 6) is -1.48. The van der Waals surface area contributed by atoms with E-state index in [2.05, 4.69) is 10.3 Å². The predicted molar refractivity (Wildman–Crippen MR) is 116 cm³/mol. The predicted octanol–water partition coefficient (Wildman–Crippen LogP) is 4.36. The molecule has 1 aliphatic rings. The lowest BCUT2D eigenvalue weighted by molar-refractivity contribution is -0.144. The zero-order chi connectivity index (χ0) is 21.6. The van der Waals surface area contributed by atoms with E-state index >= 15 is 0 Å². The minimum atomic E-state index is -0.829. The van der Waals surface area contributed by atoms with Gasteiger partial charge in [0.15, 0.2) is 0 Å². The van der Waals surface area contributed by atoms with Crippen molar-refractivity contribution in [3.63, 3.8) is 0 Å². The van der Waals surface area contributed by atoms with E-state index < -0.39 is 17.3 Å². The second-order valence-corrected chi connectivity index (χ2v) is 8.35. The standard InChI is InChI=1S/C24H30N2O4/c1-2-8-18(22(28)29)16-24(13-6-7-14-24)23(30)26-19-11-12-21(27)25-20(19)15-17-9-4-3-5-10-17/h3-5,9-12,18H,2,6-8,13-16H2,1H3,(H,25,27)(H,26,30)(H,28,29). The van der Waals surface area contributed by atoms with E-state index in [4.69, 9.17) is 0 Å². The van der Waals surface area contributed by atoms with Crippen LogP contribution in [0.5, 0.6) is 0 Å². The van der Waals surface area contributed by atoms with Gasteiger partial charge < -0.3 is 15.4 Å². The number of carbonyl (C=O) groups is 2. The van der Waals surface area contributed by atoms with Crippen LogP contribution >= 0.6 is 0 Å². The first-order valence-electron chi connectivity index (χ1n) is 10.7. The number of H-pyrrole nitrogens is 1. The number of nitrogens with one attached hydrogen (secondary N) is 2. The second kappa shape index (κ2) is 9.74. The van der Waals surface area contributed by atoms with E-state index in [9.17, 15) is 19.5 Å². The topological polar surface area (TPSA) is 99.3 Å². The van der Waals surface area contributed by atoms with Crippen molar-refractivity contribution < 1.29 is 14.7 Å². The number of aliphatic carboxylic acids is 1. The molecule has 3 rings (SSSR count). The van der Waals surface area contributed by atoms with E-state index in [-0.39, 0.29) is 11.5 Å². The summed E-state index contributed by atoms with van der Waals surface area (Å²) < 4.78 is 0. The van der Waals surface area contributed by atoms with Crippen LogP contribution in [0.25, 0.3) is 0 Å². The number of rotatable bonds is 9. The van der Waals surface area contributed by atoms with E-state index in [1.54, 1.807) is 6.07 Å². The van der Waals surface area contributed by atoms with Crippen LogP contribution in [0.1, 0.15) is 63.1 Å². The molecule has 1 fully saturated rings. The zero-order valence-electron chi connectivity index (χ0n) is 17.4. The third-order valence-electron chi connectivity index (χ3n) is 6.14. The highest BCUT2D eigenvalue weighted by Crippen LogP contribution is 2.45. The number of pyridine rings is 1. The quantitative estimate of drug-likeness (QED) is 0.572. The summed E-state index contributed by atoms with van der Waals surface area (Å²) in [5.41, 5.74) is 1.37. The van der Waals surface area contributed by atoms with Crippen LogP contribution in [0.3, 0.4) is 0 Å². The molecule has 1 saturated carbocycles. The zero-order valence-corrected chi connectivity index (χ0v) is 17.4. The Balaban J connectivity index is 1.84. The molecule has 1 aliphatic carbocycles. The molecule has 1 aromatic heterocycles. The van der Waals surface area contributed by atoms with E-state index in [1.165, 1.54) is 6.07 Å². The Bertz CT molecular complexity index is 930. The Hall–Kier alpha value is -2.89. The van der Waals surface area contributed by atoms with Gasteiger partial charge in [0.1, 0.15) is 0 Å². The molecule has 6 heteroatoms. The molecule has 1 unspecified atom stereocenters. The molecule has 2 aromatic rings. The normalized spacial score (nSPS) is 16.2. The van der Waals surface area contributed by atoms with Gasteiger partial charge in [-0.3, -0.25) is 14.4 Å². The summed E-state index contributed by atoms with van der Waals surface area (Å²) in [6.45, 7) is 1.97. The van der Waals surface area contributed by atoms with Crippen molar-refractivity contribution in [3.05, 3.63) is 64.1 Å². The van der Waals surface area contributed by atoms with Gasteiger partial charge in [0, 0.05) is 18.2 Å². The van der Waals surface area contributed by atoms with Crippen LogP contribution in [-0.4, -0.2) is 22.0 Å². The number of aromatic nitrogens is 1. The third-order valence-corrected chi connectivity index (χ3v) is 6.14. The first kappa shape index (κ1) is 21.8. The lowest BCUT2D eigenvalue weighted by Crippen LogP contribution is -2.37. The number of amides is 1. The molecule has 160 valence electrons. The van der Waals surface area contributed by atoms with Crippen molar-refractivity contribution in [1.82, 2.24) is 4.98 Å². The minimum Gasteiger partial charge on any atom is -0.481 e. The molecular weight excluding hydrogens is 380 g/mol. The fraction of sp³-hybridized carbons (Fsp3) is 0.458. The number of anilines is 1. The molecule has 0 aliphatic heterocycles. The number of hydrogen-bond donors (Lipinski definition) is 3. The molecule has 0 saturated heterocycles. The van der Waals surface area contributed by atoms with Gasteiger partial charge in [0.25, 0.3) is 0 Å². The first-order valence-corrected chi connectivity index (χ1v) is 10.7. The Morgan fingerprint density at radius 1 is 1.13 bits per heavy atom. The van der Waals surface area contributed by atoms with E-state index in [1.807, 2.05) is 37.3 Å². The lowest BCUT2D eigenvalue weighted by Gasteiger charge is -2.30. The fourth-order valence-corrected chi connectivity index (χ4v) is 4.54. The van der Waals surface area contributed by atoms with Crippen molar-refractivity contribution in [2.45, 2.75) is 58.3 Å². The van der Waals surface area contributed by atoms with Gasteiger partial charge >= 0.3 is 5.97 Å². The van der Waals surface area contributed by atoms with Crippen LogP contribution in [0.4, 0.5) is 5.69 Å².